The first-order chi connectivity index (χ1) is 8.74. The van der Waals surface area contributed by atoms with Crippen molar-refractivity contribution in [2.45, 2.75) is 6.92 Å². The van der Waals surface area contributed by atoms with Crippen LogP contribution < -0.4 is 4.74 Å². The zero-order valence-corrected chi connectivity index (χ0v) is 10.2. The second-order valence-electron chi connectivity index (χ2n) is 3.91. The minimum Gasteiger partial charge on any atom is -0.427 e. The SMILES string of the molecule is CC(=O)Oc1cccc(C=Cc2ccccc2)c1. The fraction of sp³-hybridized carbons (Fsp3) is 0.0625. The molecule has 2 rings (SSSR count). The fourth-order valence-electron chi connectivity index (χ4n) is 1.60. The van der Waals surface area contributed by atoms with Gasteiger partial charge in [-0.15, -0.1) is 0 Å². The van der Waals surface area contributed by atoms with Gasteiger partial charge >= 0.3 is 5.97 Å². The second kappa shape index (κ2) is 5.82. The lowest BCUT2D eigenvalue weighted by Gasteiger charge is -2.01. The molecule has 0 saturated heterocycles. The number of rotatable bonds is 3. The first-order valence-electron chi connectivity index (χ1n) is 5.76. The minimum atomic E-state index is -0.306. The van der Waals surface area contributed by atoms with Crippen molar-refractivity contribution in [3.8, 4) is 5.75 Å². The molecule has 0 fully saturated rings. The lowest BCUT2D eigenvalue weighted by molar-refractivity contribution is -0.131. The molecule has 0 heterocycles. The molecule has 2 aromatic carbocycles. The second-order valence-corrected chi connectivity index (χ2v) is 3.91. The van der Waals surface area contributed by atoms with Gasteiger partial charge in [-0.2, -0.15) is 0 Å². The van der Waals surface area contributed by atoms with Gasteiger partial charge in [0.15, 0.2) is 0 Å². The van der Waals surface area contributed by atoms with Crippen molar-refractivity contribution >= 4 is 18.1 Å². The van der Waals surface area contributed by atoms with Gasteiger partial charge in [0.2, 0.25) is 0 Å². The highest BCUT2D eigenvalue weighted by atomic mass is 16.5. The summed E-state index contributed by atoms with van der Waals surface area (Å²) in [6.45, 7) is 1.40. The third kappa shape index (κ3) is 3.59. The maximum absolute atomic E-state index is 10.9. The molecule has 0 aliphatic rings. The maximum Gasteiger partial charge on any atom is 0.308 e. The van der Waals surface area contributed by atoms with Crippen molar-refractivity contribution < 1.29 is 9.53 Å². The number of carbonyl (C=O) groups is 1. The summed E-state index contributed by atoms with van der Waals surface area (Å²) in [7, 11) is 0. The Bertz CT molecular complexity index is 556. The Labute approximate surface area is 107 Å². The highest BCUT2D eigenvalue weighted by Gasteiger charge is 1.97. The van der Waals surface area contributed by atoms with Crippen molar-refractivity contribution in [3.63, 3.8) is 0 Å². The van der Waals surface area contributed by atoms with E-state index in [1.807, 2.05) is 60.7 Å². The van der Waals surface area contributed by atoms with Gasteiger partial charge in [-0.05, 0) is 23.3 Å². The molecule has 90 valence electrons. The molecule has 0 aliphatic carbocycles. The summed E-state index contributed by atoms with van der Waals surface area (Å²) in [4.78, 5) is 10.9. The van der Waals surface area contributed by atoms with E-state index in [0.29, 0.717) is 5.75 Å². The molecule has 0 radical (unpaired) electrons. The van der Waals surface area contributed by atoms with E-state index in [2.05, 4.69) is 0 Å². The highest BCUT2D eigenvalue weighted by molar-refractivity contribution is 5.72. The number of carbonyl (C=O) groups excluding carboxylic acids is 1. The van der Waals surface area contributed by atoms with Crippen LogP contribution in [0.15, 0.2) is 54.6 Å². The van der Waals surface area contributed by atoms with Gasteiger partial charge in [0.05, 0.1) is 0 Å². The Balaban J connectivity index is 2.14. The molecular weight excluding hydrogens is 224 g/mol. The number of hydrogen-bond donors (Lipinski definition) is 0. The fourth-order valence-corrected chi connectivity index (χ4v) is 1.60. The van der Waals surface area contributed by atoms with Crippen LogP contribution in [0, 0.1) is 0 Å². The number of benzene rings is 2. The molecule has 0 aromatic heterocycles. The molecular formula is C16H14O2. The van der Waals surface area contributed by atoms with Crippen LogP contribution in [-0.2, 0) is 4.79 Å². The van der Waals surface area contributed by atoms with Crippen molar-refractivity contribution in [2.75, 3.05) is 0 Å². The largest absolute Gasteiger partial charge is 0.427 e. The summed E-state index contributed by atoms with van der Waals surface area (Å²) in [6, 6.07) is 17.5. The highest BCUT2D eigenvalue weighted by Crippen LogP contribution is 2.15. The van der Waals surface area contributed by atoms with Gasteiger partial charge in [0.1, 0.15) is 5.75 Å². The number of ether oxygens (including phenoxy) is 1. The molecule has 0 N–H and O–H groups in total. The van der Waals surface area contributed by atoms with Crippen molar-refractivity contribution in [3.05, 3.63) is 65.7 Å². The van der Waals surface area contributed by atoms with E-state index in [0.717, 1.165) is 11.1 Å². The summed E-state index contributed by atoms with van der Waals surface area (Å²) >= 11 is 0. The first-order valence-corrected chi connectivity index (χ1v) is 5.76. The lowest BCUT2D eigenvalue weighted by Crippen LogP contribution is -2.00. The molecule has 0 spiro atoms. The van der Waals surface area contributed by atoms with E-state index in [1.54, 1.807) is 6.07 Å². The Kier molecular flexibility index (Phi) is 3.92. The summed E-state index contributed by atoms with van der Waals surface area (Å²) in [5.74, 6) is 0.261. The summed E-state index contributed by atoms with van der Waals surface area (Å²) < 4.78 is 5.03. The molecule has 2 aromatic rings. The van der Waals surface area contributed by atoms with E-state index >= 15 is 0 Å². The summed E-state index contributed by atoms with van der Waals surface area (Å²) in [5.41, 5.74) is 2.13. The predicted molar refractivity (Wildman–Crippen MR) is 73.1 cm³/mol. The average molecular weight is 238 g/mol. The van der Waals surface area contributed by atoms with Crippen LogP contribution in [0.2, 0.25) is 0 Å². The molecule has 0 unspecified atom stereocenters. The van der Waals surface area contributed by atoms with Crippen LogP contribution in [0.5, 0.6) is 5.75 Å². The monoisotopic (exact) mass is 238 g/mol. The van der Waals surface area contributed by atoms with Crippen LogP contribution in [-0.4, -0.2) is 5.97 Å². The van der Waals surface area contributed by atoms with E-state index in [4.69, 9.17) is 4.74 Å². The smallest absolute Gasteiger partial charge is 0.308 e. The summed E-state index contributed by atoms with van der Waals surface area (Å²) in [6.07, 6.45) is 4.01. The minimum absolute atomic E-state index is 0.306. The van der Waals surface area contributed by atoms with Crippen LogP contribution in [0.4, 0.5) is 0 Å². The molecule has 0 bridgehead atoms. The standard InChI is InChI=1S/C16H14O2/c1-13(17)18-16-9-5-8-15(12-16)11-10-14-6-3-2-4-7-14/h2-12H,1H3. The van der Waals surface area contributed by atoms with Gasteiger partial charge in [-0.1, -0.05) is 54.6 Å². The van der Waals surface area contributed by atoms with Gasteiger partial charge in [-0.25, -0.2) is 0 Å². The Hall–Kier alpha value is -2.35. The van der Waals surface area contributed by atoms with Crippen LogP contribution in [0.1, 0.15) is 18.1 Å². The molecule has 0 amide bonds. The molecule has 18 heavy (non-hydrogen) atoms. The number of esters is 1. The normalized spacial score (nSPS) is 10.5. The first kappa shape index (κ1) is 12.1. The maximum atomic E-state index is 10.9. The third-order valence-electron chi connectivity index (χ3n) is 2.39. The molecule has 0 saturated carbocycles. The number of hydrogen-bond acceptors (Lipinski definition) is 2. The van der Waals surface area contributed by atoms with E-state index < -0.39 is 0 Å². The van der Waals surface area contributed by atoms with Gasteiger partial charge in [-0.3, -0.25) is 4.79 Å². The van der Waals surface area contributed by atoms with Gasteiger partial charge in [0, 0.05) is 6.92 Å². The Morgan fingerprint density at radius 3 is 2.33 bits per heavy atom. The van der Waals surface area contributed by atoms with E-state index in [-0.39, 0.29) is 5.97 Å². The third-order valence-corrected chi connectivity index (χ3v) is 2.39. The predicted octanol–water partition coefficient (Wildman–Crippen LogP) is 3.78. The van der Waals surface area contributed by atoms with E-state index in [9.17, 15) is 4.79 Å². The van der Waals surface area contributed by atoms with Gasteiger partial charge < -0.3 is 4.74 Å². The Morgan fingerprint density at radius 2 is 1.61 bits per heavy atom. The van der Waals surface area contributed by atoms with Crippen LogP contribution in [0.25, 0.3) is 12.2 Å². The quantitative estimate of drug-likeness (QED) is 0.462. The molecule has 0 aliphatic heterocycles. The van der Waals surface area contributed by atoms with Crippen LogP contribution in [0.3, 0.4) is 0 Å². The van der Waals surface area contributed by atoms with Crippen molar-refractivity contribution in [1.29, 1.82) is 0 Å². The Morgan fingerprint density at radius 1 is 0.944 bits per heavy atom. The lowest BCUT2D eigenvalue weighted by atomic mass is 10.1. The average Bonchev–Trinajstić information content (AvgIpc) is 2.37. The molecule has 0 atom stereocenters. The van der Waals surface area contributed by atoms with Crippen molar-refractivity contribution in [2.24, 2.45) is 0 Å². The van der Waals surface area contributed by atoms with Gasteiger partial charge in [0.25, 0.3) is 0 Å². The van der Waals surface area contributed by atoms with Crippen molar-refractivity contribution in [1.82, 2.24) is 0 Å². The van der Waals surface area contributed by atoms with E-state index in [1.165, 1.54) is 6.92 Å². The zero-order chi connectivity index (χ0) is 12.8. The van der Waals surface area contributed by atoms with Crippen LogP contribution >= 0.6 is 0 Å². The topological polar surface area (TPSA) is 26.3 Å². The molecule has 2 nitrogen and oxygen atoms in total. The zero-order valence-electron chi connectivity index (χ0n) is 10.2. The molecule has 2 heteroatoms. The summed E-state index contributed by atoms with van der Waals surface area (Å²) in [5, 5.41) is 0.